The van der Waals surface area contributed by atoms with Crippen LogP contribution < -0.4 is 44.2 Å². The number of primary amides is 1. The summed E-state index contributed by atoms with van der Waals surface area (Å²) in [5.41, 5.74) is 24.0. The SMILES string of the molecule is NCCCC[C@H](NC(=O)[C@H](CCCCN)NC(=O)[C@H](CCCCN)NC(=O)[C@@H]1CCCN1C(=O)[C@@H]1CCCN1C(=O)[C@@H]1CCCN1C(=O)CCCCCNC(=O)CCCc1ccc2ccc3cccc4ccc1c2c34)C(N)=O. The van der Waals surface area contributed by atoms with Crippen LogP contribution in [-0.4, -0.2) is 144 Å². The van der Waals surface area contributed by atoms with Crippen LogP contribution in [0.3, 0.4) is 0 Å². The Bertz CT molecular complexity index is 2690. The van der Waals surface area contributed by atoms with E-state index in [1.165, 1.54) is 42.8 Å². The molecule has 6 atom stereocenters. The van der Waals surface area contributed by atoms with Gasteiger partial charge in [0.2, 0.25) is 47.3 Å². The lowest BCUT2D eigenvalue weighted by Gasteiger charge is -2.34. The van der Waals surface area contributed by atoms with E-state index in [0.29, 0.717) is 142 Å². The molecule has 0 bridgehead atoms. The van der Waals surface area contributed by atoms with Crippen molar-refractivity contribution in [2.24, 2.45) is 22.9 Å². The standard InChI is InChI=1S/C59H85N11O8/c60-32-6-3-18-44(54(63)73)65-55(74)45(19-4-7-33-61)66-56(75)46(20-5-8-34-62)67-57(76)47-21-12-37-69(47)59(78)49-23-14-38-70(49)58(77)48-22-13-36-68(48)51(72)25-2-1-9-35-64-50(71)24-11-15-39-26-27-42-29-28-40-16-10-17-41-30-31-43(39)53(42)52(40)41/h10,16-17,26-31,44-49H,1-9,11-15,18-25,32-38,60-62H2,(H2,63,73)(H,64,71)(H,65,74)(H,66,75)(H,67,76)/t44-,45-,46-,47-,48-,49-/m0/s1. The van der Waals surface area contributed by atoms with Crippen molar-refractivity contribution in [2.45, 2.75) is 178 Å². The third kappa shape index (κ3) is 15.2. The van der Waals surface area contributed by atoms with Crippen LogP contribution in [0.15, 0.2) is 54.6 Å². The summed E-state index contributed by atoms with van der Waals surface area (Å²) < 4.78 is 0. The molecule has 3 heterocycles. The van der Waals surface area contributed by atoms with E-state index in [9.17, 15) is 38.4 Å². The molecule has 8 amide bonds. The van der Waals surface area contributed by atoms with Gasteiger partial charge in [0.1, 0.15) is 36.3 Å². The van der Waals surface area contributed by atoms with Gasteiger partial charge in [-0.25, -0.2) is 0 Å². The summed E-state index contributed by atoms with van der Waals surface area (Å²) in [6.45, 7) is 2.82. The molecule has 19 heteroatoms. The van der Waals surface area contributed by atoms with Gasteiger partial charge in [-0.15, -0.1) is 0 Å². The van der Waals surface area contributed by atoms with Gasteiger partial charge in [0, 0.05) is 39.0 Å². The lowest BCUT2D eigenvalue weighted by Crippen LogP contribution is -2.59. The van der Waals surface area contributed by atoms with E-state index >= 15 is 0 Å². The zero-order valence-electron chi connectivity index (χ0n) is 45.6. The molecular formula is C59H85N11O8. The molecule has 3 aliphatic heterocycles. The van der Waals surface area contributed by atoms with Crippen molar-refractivity contribution in [2.75, 3.05) is 45.8 Å². The van der Waals surface area contributed by atoms with Gasteiger partial charge in [-0.05, 0) is 180 Å². The van der Waals surface area contributed by atoms with Crippen molar-refractivity contribution in [1.82, 2.24) is 36.0 Å². The average molecular weight is 1080 g/mol. The third-order valence-corrected chi connectivity index (χ3v) is 16.1. The molecule has 3 fully saturated rings. The number of rotatable bonds is 31. The van der Waals surface area contributed by atoms with Crippen molar-refractivity contribution in [3.63, 3.8) is 0 Å². The topological polar surface area (TPSA) is 298 Å². The lowest BCUT2D eigenvalue weighted by atomic mass is 9.90. The molecule has 0 radical (unpaired) electrons. The maximum Gasteiger partial charge on any atom is 0.246 e. The van der Waals surface area contributed by atoms with Gasteiger partial charge >= 0.3 is 0 Å². The average Bonchev–Trinajstić information content (AvgIpc) is 4.32. The monoisotopic (exact) mass is 1080 g/mol. The molecule has 3 saturated heterocycles. The van der Waals surface area contributed by atoms with E-state index in [0.717, 1.165) is 25.7 Å². The Hall–Kier alpha value is -6.44. The normalized spacial score (nSPS) is 18.6. The van der Waals surface area contributed by atoms with Gasteiger partial charge in [-0.1, -0.05) is 61.0 Å². The minimum absolute atomic E-state index is 0.0168. The van der Waals surface area contributed by atoms with Crippen molar-refractivity contribution in [1.29, 1.82) is 0 Å². The molecule has 0 aliphatic carbocycles. The fourth-order valence-corrected chi connectivity index (χ4v) is 11.9. The number of hydrogen-bond acceptors (Lipinski definition) is 11. The predicted octanol–water partition coefficient (Wildman–Crippen LogP) is 3.88. The summed E-state index contributed by atoms with van der Waals surface area (Å²) in [6.07, 6.45) is 11.6. The van der Waals surface area contributed by atoms with E-state index in [1.54, 1.807) is 9.80 Å². The molecule has 78 heavy (non-hydrogen) atoms. The Balaban J connectivity index is 0.862. The second-order valence-corrected chi connectivity index (χ2v) is 21.7. The van der Waals surface area contributed by atoms with Gasteiger partial charge < -0.3 is 58.9 Å². The van der Waals surface area contributed by atoms with Gasteiger partial charge in [0.15, 0.2) is 0 Å². The molecule has 19 nitrogen and oxygen atoms in total. The van der Waals surface area contributed by atoms with E-state index in [1.807, 2.05) is 0 Å². The Morgan fingerprint density at radius 1 is 0.513 bits per heavy atom. The third-order valence-electron chi connectivity index (χ3n) is 16.1. The van der Waals surface area contributed by atoms with Gasteiger partial charge in [-0.3, -0.25) is 38.4 Å². The molecule has 0 spiro atoms. The van der Waals surface area contributed by atoms with Crippen LogP contribution in [0.2, 0.25) is 0 Å². The van der Waals surface area contributed by atoms with E-state index in [4.69, 9.17) is 22.9 Å². The molecule has 4 aromatic rings. The summed E-state index contributed by atoms with van der Waals surface area (Å²) in [5.74, 6) is -3.04. The highest BCUT2D eigenvalue weighted by atomic mass is 16.2. The predicted molar refractivity (Wildman–Crippen MR) is 302 cm³/mol. The number of benzene rings is 4. The Labute approximate surface area is 458 Å². The van der Waals surface area contributed by atoms with Crippen LogP contribution >= 0.6 is 0 Å². The summed E-state index contributed by atoms with van der Waals surface area (Å²) in [6, 6.07) is 14.1. The summed E-state index contributed by atoms with van der Waals surface area (Å²) in [7, 11) is 0. The molecule has 424 valence electrons. The first-order valence-electron chi connectivity index (χ1n) is 29.0. The number of nitrogens with zero attached hydrogens (tertiary/aromatic N) is 3. The second kappa shape index (κ2) is 29.5. The zero-order valence-corrected chi connectivity index (χ0v) is 45.6. The molecule has 0 unspecified atom stereocenters. The summed E-state index contributed by atoms with van der Waals surface area (Å²) >= 11 is 0. The number of nitrogens with two attached hydrogens (primary N) is 4. The quantitative estimate of drug-likeness (QED) is 0.0264. The van der Waals surface area contributed by atoms with Crippen LogP contribution in [0.4, 0.5) is 0 Å². The first kappa shape index (κ1) is 59.2. The van der Waals surface area contributed by atoms with Crippen molar-refractivity contribution in [3.05, 3.63) is 60.2 Å². The molecule has 4 aromatic carbocycles. The van der Waals surface area contributed by atoms with Gasteiger partial charge in [0.25, 0.3) is 0 Å². The Morgan fingerprint density at radius 2 is 1.03 bits per heavy atom. The van der Waals surface area contributed by atoms with Crippen molar-refractivity contribution >= 4 is 79.6 Å². The van der Waals surface area contributed by atoms with Crippen LogP contribution in [0.5, 0.6) is 0 Å². The van der Waals surface area contributed by atoms with E-state index in [-0.39, 0.29) is 42.9 Å². The number of carbonyl (C=O) groups excluding carboxylic acids is 8. The van der Waals surface area contributed by atoms with Crippen molar-refractivity contribution < 1.29 is 38.4 Å². The van der Waals surface area contributed by atoms with Crippen LogP contribution in [0.1, 0.15) is 140 Å². The summed E-state index contributed by atoms with van der Waals surface area (Å²) in [4.78, 5) is 114. The minimum atomic E-state index is -1.06. The first-order chi connectivity index (χ1) is 37.8. The van der Waals surface area contributed by atoms with Gasteiger partial charge in [0.05, 0.1) is 0 Å². The molecule has 0 aromatic heterocycles. The molecule has 0 saturated carbocycles. The summed E-state index contributed by atoms with van der Waals surface area (Å²) in [5, 5.41) is 18.9. The number of aryl methyl sites for hydroxylation is 1. The first-order valence-corrected chi connectivity index (χ1v) is 29.0. The fraction of sp³-hybridized carbons (Fsp3) is 0.593. The highest BCUT2D eigenvalue weighted by Crippen LogP contribution is 2.36. The lowest BCUT2D eigenvalue weighted by molar-refractivity contribution is -0.150. The number of amides is 8. The van der Waals surface area contributed by atoms with Crippen molar-refractivity contribution in [3.8, 4) is 0 Å². The molecule has 7 rings (SSSR count). The number of carbonyl (C=O) groups is 8. The highest BCUT2D eigenvalue weighted by molar-refractivity contribution is 6.23. The number of likely N-dealkylation sites (tertiary alicyclic amines) is 3. The fourth-order valence-electron chi connectivity index (χ4n) is 11.9. The van der Waals surface area contributed by atoms with Crippen LogP contribution in [-0.2, 0) is 44.8 Å². The Morgan fingerprint density at radius 3 is 1.64 bits per heavy atom. The largest absolute Gasteiger partial charge is 0.368 e. The van der Waals surface area contributed by atoms with Crippen LogP contribution in [0.25, 0.3) is 32.3 Å². The number of hydrogen-bond donors (Lipinski definition) is 8. The zero-order chi connectivity index (χ0) is 55.6. The van der Waals surface area contributed by atoms with E-state index < -0.39 is 59.9 Å². The molecule has 12 N–H and O–H groups in total. The number of nitrogens with one attached hydrogen (secondary N) is 4. The molecular weight excluding hydrogens is 991 g/mol. The minimum Gasteiger partial charge on any atom is -0.368 e. The van der Waals surface area contributed by atoms with E-state index in [2.05, 4.69) is 75.9 Å². The molecule has 3 aliphatic rings. The maximum absolute atomic E-state index is 14.4. The highest BCUT2D eigenvalue weighted by Gasteiger charge is 2.46. The number of unbranched alkanes of at least 4 members (excludes halogenated alkanes) is 5. The van der Waals surface area contributed by atoms with Gasteiger partial charge in [-0.2, -0.15) is 0 Å². The van der Waals surface area contributed by atoms with Crippen LogP contribution in [0, 0.1) is 0 Å². The smallest absolute Gasteiger partial charge is 0.246 e. The Kier molecular flexibility index (Phi) is 22.4. The second-order valence-electron chi connectivity index (χ2n) is 21.7. The maximum atomic E-state index is 14.4.